The number of aliphatic hydroxyl groups excluding tert-OH is 1. The van der Waals surface area contributed by atoms with Crippen molar-refractivity contribution < 1.29 is 14.2 Å². The van der Waals surface area contributed by atoms with Gasteiger partial charge in [0.2, 0.25) is 0 Å². The standard InChI is InChI=1S/C26H33ClFN7O2/c1-16(36)11-32-13-18-3-4-19(14-32)34(18)24-23-20(9-22(27)35-21(23)5-7-29-35)30-25(31-24)37-15-26-6-2-8-33(26)12-17(28)10-26/h5,7,9,16-19,36H,2-4,6,8,10-15H2,1H3/t16?,17-,18?,19?,26?/m1/s1. The average Bonchev–Trinajstić information content (AvgIpc) is 3.59. The van der Waals surface area contributed by atoms with Crippen LogP contribution in [0.2, 0.25) is 5.15 Å². The van der Waals surface area contributed by atoms with E-state index in [1.807, 2.05) is 19.1 Å². The van der Waals surface area contributed by atoms with E-state index in [4.69, 9.17) is 26.3 Å². The number of pyridine rings is 1. The summed E-state index contributed by atoms with van der Waals surface area (Å²) in [5.74, 6) is 0.849. The number of β-amino-alcohol motifs (C(OH)–C–C–N with tert-alkyl or cyclic N) is 1. The SMILES string of the molecule is CC(O)CN1CC2CCC(C1)N2c1nc(OCC23CCCN2C[C@H](F)C3)nc2cc(Cl)n3nccc3c12. The fourth-order valence-electron chi connectivity index (χ4n) is 7.39. The van der Waals surface area contributed by atoms with E-state index in [9.17, 15) is 9.50 Å². The number of piperazine rings is 1. The number of hydrogen-bond acceptors (Lipinski definition) is 8. The molecule has 4 aliphatic heterocycles. The molecule has 5 atom stereocenters. The summed E-state index contributed by atoms with van der Waals surface area (Å²) < 4.78 is 22.4. The summed E-state index contributed by atoms with van der Waals surface area (Å²) in [5, 5.41) is 15.8. The summed E-state index contributed by atoms with van der Waals surface area (Å²) in [6, 6.07) is 4.66. The van der Waals surface area contributed by atoms with Crippen LogP contribution in [0.25, 0.3) is 16.4 Å². The van der Waals surface area contributed by atoms with Crippen LogP contribution in [0.5, 0.6) is 6.01 Å². The van der Waals surface area contributed by atoms with E-state index >= 15 is 0 Å². The van der Waals surface area contributed by atoms with E-state index in [1.165, 1.54) is 0 Å². The number of aliphatic hydroxyl groups is 1. The van der Waals surface area contributed by atoms with Gasteiger partial charge in [0.15, 0.2) is 0 Å². The van der Waals surface area contributed by atoms with E-state index in [-0.39, 0.29) is 23.7 Å². The summed E-state index contributed by atoms with van der Waals surface area (Å²) >= 11 is 6.58. The first-order chi connectivity index (χ1) is 17.9. The third kappa shape index (κ3) is 3.95. The maximum atomic E-state index is 14.3. The van der Waals surface area contributed by atoms with E-state index < -0.39 is 6.17 Å². The lowest BCUT2D eigenvalue weighted by Crippen LogP contribution is -2.55. The molecule has 1 N–H and O–H groups in total. The smallest absolute Gasteiger partial charge is 0.319 e. The fourth-order valence-corrected chi connectivity index (χ4v) is 7.63. The molecule has 2 bridgehead atoms. The molecule has 4 unspecified atom stereocenters. The molecule has 0 saturated carbocycles. The van der Waals surface area contributed by atoms with Gasteiger partial charge in [-0.3, -0.25) is 9.80 Å². The zero-order valence-electron chi connectivity index (χ0n) is 21.1. The average molecular weight is 530 g/mol. The lowest BCUT2D eigenvalue weighted by molar-refractivity contribution is 0.107. The predicted molar refractivity (Wildman–Crippen MR) is 139 cm³/mol. The molecule has 7 heterocycles. The summed E-state index contributed by atoms with van der Waals surface area (Å²) in [6.07, 6.45) is 5.23. The number of ether oxygens (including phenoxy) is 1. The Morgan fingerprint density at radius 1 is 1.24 bits per heavy atom. The van der Waals surface area contributed by atoms with Crippen molar-refractivity contribution in [3.05, 3.63) is 23.5 Å². The maximum Gasteiger partial charge on any atom is 0.319 e. The number of hydrogen-bond donors (Lipinski definition) is 1. The molecule has 4 saturated heterocycles. The Kier molecular flexibility index (Phi) is 5.73. The lowest BCUT2D eigenvalue weighted by atomic mass is 9.95. The fraction of sp³-hybridized carbons (Fsp3) is 0.654. The second kappa shape index (κ2) is 8.90. The number of aromatic nitrogens is 4. The third-order valence-electron chi connectivity index (χ3n) is 8.81. The Labute approximate surface area is 220 Å². The minimum atomic E-state index is -0.806. The van der Waals surface area contributed by atoms with Crippen molar-refractivity contribution >= 4 is 33.8 Å². The van der Waals surface area contributed by atoms with Gasteiger partial charge in [-0.2, -0.15) is 15.1 Å². The van der Waals surface area contributed by atoms with Gasteiger partial charge in [-0.05, 0) is 45.2 Å². The van der Waals surface area contributed by atoms with E-state index in [1.54, 1.807) is 10.7 Å². The van der Waals surface area contributed by atoms with Gasteiger partial charge in [-0.1, -0.05) is 11.6 Å². The van der Waals surface area contributed by atoms with Gasteiger partial charge >= 0.3 is 6.01 Å². The molecular formula is C26H33ClFN7O2. The molecule has 0 aliphatic carbocycles. The van der Waals surface area contributed by atoms with Crippen molar-refractivity contribution in [1.29, 1.82) is 0 Å². The van der Waals surface area contributed by atoms with Gasteiger partial charge < -0.3 is 14.7 Å². The van der Waals surface area contributed by atoms with Crippen LogP contribution in [-0.2, 0) is 0 Å². The van der Waals surface area contributed by atoms with Gasteiger partial charge in [0.25, 0.3) is 0 Å². The van der Waals surface area contributed by atoms with Crippen LogP contribution >= 0.6 is 11.6 Å². The zero-order valence-corrected chi connectivity index (χ0v) is 21.8. The molecule has 198 valence electrons. The Morgan fingerprint density at radius 2 is 2.05 bits per heavy atom. The van der Waals surface area contributed by atoms with Crippen LogP contribution in [0.3, 0.4) is 0 Å². The van der Waals surface area contributed by atoms with Gasteiger partial charge in [-0.15, -0.1) is 0 Å². The molecular weight excluding hydrogens is 497 g/mol. The topological polar surface area (TPSA) is 82.3 Å². The molecule has 37 heavy (non-hydrogen) atoms. The number of fused-ring (bicyclic) bond motifs is 6. The van der Waals surface area contributed by atoms with Gasteiger partial charge in [0.05, 0.1) is 34.3 Å². The Morgan fingerprint density at radius 3 is 2.84 bits per heavy atom. The molecule has 3 aromatic rings. The minimum absolute atomic E-state index is 0.267. The number of halogens is 2. The highest BCUT2D eigenvalue weighted by Gasteiger charge is 2.49. The quantitative estimate of drug-likeness (QED) is 0.488. The van der Waals surface area contributed by atoms with Crippen LogP contribution in [0, 0.1) is 0 Å². The van der Waals surface area contributed by atoms with Crippen LogP contribution in [0.15, 0.2) is 18.3 Å². The Bertz CT molecular complexity index is 1320. The van der Waals surface area contributed by atoms with Crippen molar-refractivity contribution in [2.24, 2.45) is 0 Å². The van der Waals surface area contributed by atoms with Gasteiger partial charge in [0.1, 0.15) is 23.7 Å². The number of alkyl halides is 1. The number of nitrogens with zero attached hydrogens (tertiary/aromatic N) is 7. The molecule has 7 rings (SSSR count). The molecule has 0 amide bonds. The first-order valence-corrected chi connectivity index (χ1v) is 13.8. The second-order valence-electron chi connectivity index (χ2n) is 11.4. The normalized spacial score (nSPS) is 31.0. The molecule has 4 aliphatic rings. The predicted octanol–water partition coefficient (Wildman–Crippen LogP) is 2.92. The van der Waals surface area contributed by atoms with Gasteiger partial charge in [0, 0.05) is 50.7 Å². The summed E-state index contributed by atoms with van der Waals surface area (Å²) in [7, 11) is 0. The largest absolute Gasteiger partial charge is 0.461 e. The van der Waals surface area contributed by atoms with Crippen LogP contribution in [-0.4, -0.2) is 104 Å². The molecule has 3 aromatic heterocycles. The molecule has 4 fully saturated rings. The lowest BCUT2D eigenvalue weighted by Gasteiger charge is -2.42. The van der Waals surface area contributed by atoms with Crippen molar-refractivity contribution in [2.45, 2.75) is 68.9 Å². The van der Waals surface area contributed by atoms with Crippen LogP contribution < -0.4 is 9.64 Å². The zero-order chi connectivity index (χ0) is 25.3. The molecule has 0 spiro atoms. The highest BCUT2D eigenvalue weighted by molar-refractivity contribution is 6.30. The van der Waals surface area contributed by atoms with Crippen LogP contribution in [0.1, 0.15) is 39.0 Å². The van der Waals surface area contributed by atoms with Crippen LogP contribution in [0.4, 0.5) is 10.2 Å². The number of rotatable bonds is 6. The van der Waals surface area contributed by atoms with Crippen molar-refractivity contribution in [2.75, 3.05) is 44.2 Å². The van der Waals surface area contributed by atoms with E-state index in [0.717, 1.165) is 67.6 Å². The first kappa shape index (κ1) is 23.8. The summed E-state index contributed by atoms with van der Waals surface area (Å²) in [5.41, 5.74) is 1.32. The molecule has 0 aromatic carbocycles. The second-order valence-corrected chi connectivity index (χ2v) is 11.8. The van der Waals surface area contributed by atoms with E-state index in [2.05, 4.69) is 19.8 Å². The minimum Gasteiger partial charge on any atom is -0.461 e. The Balaban J connectivity index is 1.28. The highest BCUT2D eigenvalue weighted by Crippen LogP contribution is 2.42. The molecule has 9 nitrogen and oxygen atoms in total. The number of anilines is 1. The highest BCUT2D eigenvalue weighted by atomic mass is 35.5. The monoisotopic (exact) mass is 529 g/mol. The van der Waals surface area contributed by atoms with Gasteiger partial charge in [-0.25, -0.2) is 8.91 Å². The summed E-state index contributed by atoms with van der Waals surface area (Å²) in [4.78, 5) is 16.9. The first-order valence-electron chi connectivity index (χ1n) is 13.4. The maximum absolute atomic E-state index is 14.3. The molecule has 11 heteroatoms. The summed E-state index contributed by atoms with van der Waals surface area (Å²) in [6.45, 7) is 6.07. The number of likely N-dealkylation sites (tertiary alicyclic amines) is 1. The van der Waals surface area contributed by atoms with E-state index in [0.29, 0.717) is 37.3 Å². The van der Waals surface area contributed by atoms with Crippen molar-refractivity contribution in [3.63, 3.8) is 0 Å². The van der Waals surface area contributed by atoms with Crippen molar-refractivity contribution in [1.82, 2.24) is 29.4 Å². The van der Waals surface area contributed by atoms with Crippen molar-refractivity contribution in [3.8, 4) is 6.01 Å². The Hall–Kier alpha value is -2.27. The third-order valence-corrected chi connectivity index (χ3v) is 9.08. The molecule has 0 radical (unpaired) electrons.